The molecule has 0 aliphatic rings. The molecule has 4 rings (SSSR count). The number of hydrogen-bond acceptors (Lipinski definition) is 2. The van der Waals surface area contributed by atoms with Crippen LogP contribution in [0.1, 0.15) is 15.2 Å². The highest BCUT2D eigenvalue weighted by Crippen LogP contribution is 2.30. The number of carbonyl (C=O) groups is 1. The van der Waals surface area contributed by atoms with Gasteiger partial charge in [0.15, 0.2) is 0 Å². The summed E-state index contributed by atoms with van der Waals surface area (Å²) < 4.78 is 0. The van der Waals surface area contributed by atoms with E-state index in [-0.39, 0.29) is 5.91 Å². The second kappa shape index (κ2) is 7.55. The summed E-state index contributed by atoms with van der Waals surface area (Å²) in [7, 11) is 1.85. The normalized spacial score (nSPS) is 10.9. The van der Waals surface area contributed by atoms with Gasteiger partial charge in [-0.2, -0.15) is 0 Å². The molecule has 0 N–H and O–H groups in total. The lowest BCUT2D eigenvalue weighted by Crippen LogP contribution is -2.25. The molecule has 0 unspecified atom stereocenters. The van der Waals surface area contributed by atoms with E-state index in [4.69, 9.17) is 11.6 Å². The first-order valence-corrected chi connectivity index (χ1v) is 9.89. The summed E-state index contributed by atoms with van der Waals surface area (Å²) in [5.41, 5.74) is 2.18. The van der Waals surface area contributed by atoms with E-state index in [0.29, 0.717) is 11.6 Å². The third-order valence-electron chi connectivity index (χ3n) is 4.56. The van der Waals surface area contributed by atoms with E-state index in [1.165, 1.54) is 22.1 Å². The quantitative estimate of drug-likeness (QED) is 0.389. The topological polar surface area (TPSA) is 20.3 Å². The molecule has 1 aromatic heterocycles. The summed E-state index contributed by atoms with van der Waals surface area (Å²) in [6.07, 6.45) is 0. The van der Waals surface area contributed by atoms with Gasteiger partial charge in [-0.3, -0.25) is 4.79 Å². The van der Waals surface area contributed by atoms with Gasteiger partial charge in [0.05, 0.1) is 4.88 Å². The van der Waals surface area contributed by atoms with Crippen molar-refractivity contribution in [1.29, 1.82) is 0 Å². The molecule has 0 spiro atoms. The zero-order valence-corrected chi connectivity index (χ0v) is 16.4. The van der Waals surface area contributed by atoms with Gasteiger partial charge < -0.3 is 4.90 Å². The van der Waals surface area contributed by atoms with Crippen molar-refractivity contribution >= 4 is 39.6 Å². The van der Waals surface area contributed by atoms with Crippen LogP contribution >= 0.6 is 22.9 Å². The molecule has 0 atom stereocenters. The van der Waals surface area contributed by atoms with Crippen LogP contribution in [0, 0.1) is 0 Å². The van der Waals surface area contributed by atoms with Crippen LogP contribution in [0.2, 0.25) is 5.02 Å². The molecule has 0 radical (unpaired) electrons. The molecule has 0 saturated carbocycles. The molecule has 0 saturated heterocycles. The monoisotopic (exact) mass is 391 g/mol. The number of hydrogen-bond donors (Lipinski definition) is 0. The Hall–Kier alpha value is -2.62. The fraction of sp³-hybridized carbons (Fsp3) is 0.0870. The maximum Gasteiger partial charge on any atom is 0.263 e. The second-order valence-corrected chi connectivity index (χ2v) is 7.99. The van der Waals surface area contributed by atoms with Gasteiger partial charge in [-0.25, -0.2) is 0 Å². The number of rotatable bonds is 4. The second-order valence-electron chi connectivity index (χ2n) is 6.47. The molecule has 3 aromatic carbocycles. The lowest BCUT2D eigenvalue weighted by molar-refractivity contribution is 0.0790. The van der Waals surface area contributed by atoms with Gasteiger partial charge in [0.25, 0.3) is 5.91 Å². The van der Waals surface area contributed by atoms with E-state index in [9.17, 15) is 4.79 Å². The molecular weight excluding hydrogens is 374 g/mol. The lowest BCUT2D eigenvalue weighted by atomic mass is 10.0. The molecule has 0 aliphatic heterocycles. The minimum atomic E-state index is 0.0289. The van der Waals surface area contributed by atoms with Crippen LogP contribution in [0.15, 0.2) is 78.9 Å². The zero-order valence-electron chi connectivity index (χ0n) is 14.9. The average molecular weight is 392 g/mol. The van der Waals surface area contributed by atoms with E-state index in [2.05, 4.69) is 24.3 Å². The molecular formula is C23H18ClNOS. The van der Waals surface area contributed by atoms with Crippen LogP contribution in [-0.4, -0.2) is 17.9 Å². The highest BCUT2D eigenvalue weighted by Gasteiger charge is 2.16. The highest BCUT2D eigenvalue weighted by molar-refractivity contribution is 7.17. The van der Waals surface area contributed by atoms with Crippen molar-refractivity contribution in [2.75, 3.05) is 7.05 Å². The molecule has 1 heterocycles. The Labute approximate surface area is 167 Å². The predicted molar refractivity (Wildman–Crippen MR) is 115 cm³/mol. The van der Waals surface area contributed by atoms with Crippen LogP contribution in [0.4, 0.5) is 0 Å². The van der Waals surface area contributed by atoms with Crippen LogP contribution in [0.3, 0.4) is 0 Å². The summed E-state index contributed by atoms with van der Waals surface area (Å²) in [6, 6.07) is 26.0. The minimum Gasteiger partial charge on any atom is -0.337 e. The van der Waals surface area contributed by atoms with Crippen molar-refractivity contribution in [2.24, 2.45) is 0 Å². The fourth-order valence-electron chi connectivity index (χ4n) is 3.20. The number of carbonyl (C=O) groups excluding carboxylic acids is 1. The third kappa shape index (κ3) is 3.75. The van der Waals surface area contributed by atoms with Crippen molar-refractivity contribution in [2.45, 2.75) is 6.54 Å². The van der Waals surface area contributed by atoms with E-state index in [1.807, 2.05) is 61.6 Å². The first-order chi connectivity index (χ1) is 13.1. The zero-order chi connectivity index (χ0) is 18.8. The minimum absolute atomic E-state index is 0.0289. The fourth-order valence-corrected chi connectivity index (χ4v) is 4.38. The molecule has 27 heavy (non-hydrogen) atoms. The highest BCUT2D eigenvalue weighted by atomic mass is 35.5. The maximum atomic E-state index is 12.9. The van der Waals surface area contributed by atoms with Gasteiger partial charge in [0.2, 0.25) is 0 Å². The summed E-state index contributed by atoms with van der Waals surface area (Å²) >= 11 is 7.58. The van der Waals surface area contributed by atoms with Crippen LogP contribution < -0.4 is 0 Å². The van der Waals surface area contributed by atoms with Gasteiger partial charge in [-0.05, 0) is 46.2 Å². The first kappa shape index (κ1) is 17.8. The van der Waals surface area contributed by atoms with E-state index >= 15 is 0 Å². The molecule has 0 bridgehead atoms. The van der Waals surface area contributed by atoms with Gasteiger partial charge in [0.1, 0.15) is 0 Å². The largest absolute Gasteiger partial charge is 0.337 e. The smallest absolute Gasteiger partial charge is 0.263 e. The number of halogens is 1. The first-order valence-electron chi connectivity index (χ1n) is 8.70. The number of thiophene rings is 1. The lowest BCUT2D eigenvalue weighted by Gasteiger charge is -2.17. The van der Waals surface area contributed by atoms with E-state index in [1.54, 1.807) is 4.90 Å². The third-order valence-corrected chi connectivity index (χ3v) is 5.92. The van der Waals surface area contributed by atoms with Gasteiger partial charge in [0, 0.05) is 23.5 Å². The molecule has 134 valence electrons. The Morgan fingerprint density at radius 1 is 0.963 bits per heavy atom. The van der Waals surface area contributed by atoms with Crippen LogP contribution in [0.5, 0.6) is 0 Å². The van der Waals surface area contributed by atoms with Crippen LogP contribution in [-0.2, 0) is 6.54 Å². The Bertz CT molecular complexity index is 1110. The maximum absolute atomic E-state index is 12.9. The number of benzene rings is 3. The number of amides is 1. The van der Waals surface area contributed by atoms with Crippen molar-refractivity contribution in [3.8, 4) is 10.4 Å². The van der Waals surface area contributed by atoms with Gasteiger partial charge >= 0.3 is 0 Å². The van der Waals surface area contributed by atoms with E-state index in [0.717, 1.165) is 20.9 Å². The summed E-state index contributed by atoms with van der Waals surface area (Å²) in [5, 5.41) is 3.07. The standard InChI is InChI=1S/C23H18ClNOS/c1-25(15-18-9-4-7-16-6-2-3-11-20(16)18)23(26)22-13-12-21(27-22)17-8-5-10-19(24)14-17/h2-14H,15H2,1H3. The molecule has 4 heteroatoms. The van der Waals surface area contributed by atoms with Crippen molar-refractivity contribution in [3.63, 3.8) is 0 Å². The Balaban J connectivity index is 1.56. The summed E-state index contributed by atoms with van der Waals surface area (Å²) in [4.78, 5) is 16.5. The average Bonchev–Trinajstić information content (AvgIpc) is 3.18. The number of nitrogens with zero attached hydrogens (tertiary/aromatic N) is 1. The summed E-state index contributed by atoms with van der Waals surface area (Å²) in [6.45, 7) is 0.574. The van der Waals surface area contributed by atoms with Crippen molar-refractivity contribution in [1.82, 2.24) is 4.90 Å². The molecule has 4 aromatic rings. The predicted octanol–water partition coefficient (Wildman–Crippen LogP) is 6.49. The Kier molecular flexibility index (Phi) is 4.97. The van der Waals surface area contributed by atoms with E-state index < -0.39 is 0 Å². The molecule has 1 amide bonds. The van der Waals surface area contributed by atoms with Crippen molar-refractivity contribution < 1.29 is 4.79 Å². The molecule has 2 nitrogen and oxygen atoms in total. The van der Waals surface area contributed by atoms with Gasteiger partial charge in [-0.1, -0.05) is 66.2 Å². The summed E-state index contributed by atoms with van der Waals surface area (Å²) in [5.74, 6) is 0.0289. The van der Waals surface area contributed by atoms with Crippen molar-refractivity contribution in [3.05, 3.63) is 94.3 Å². The molecule has 0 fully saturated rings. The molecule has 0 aliphatic carbocycles. The van der Waals surface area contributed by atoms with Crippen LogP contribution in [0.25, 0.3) is 21.2 Å². The number of fused-ring (bicyclic) bond motifs is 1. The Morgan fingerprint density at radius 3 is 2.59 bits per heavy atom. The SMILES string of the molecule is CN(Cc1cccc2ccccc12)C(=O)c1ccc(-c2cccc(Cl)c2)s1. The van der Waals surface area contributed by atoms with Gasteiger partial charge in [-0.15, -0.1) is 11.3 Å². The Morgan fingerprint density at radius 2 is 1.74 bits per heavy atom.